The number of carbonyl (C=O) groups is 2. The van der Waals surface area contributed by atoms with E-state index in [4.69, 9.17) is 9.84 Å². The van der Waals surface area contributed by atoms with E-state index in [0.29, 0.717) is 0 Å². The number of aliphatic carboxylic acids is 1. The summed E-state index contributed by atoms with van der Waals surface area (Å²) >= 11 is 0. The first-order valence-corrected chi connectivity index (χ1v) is 6.35. The third kappa shape index (κ3) is 2.89. The Bertz CT molecular complexity index is 493. The molecule has 0 radical (unpaired) electrons. The number of hydrogen-bond donors (Lipinski definition) is 1. The van der Waals surface area contributed by atoms with Crippen molar-refractivity contribution in [2.75, 3.05) is 6.54 Å². The lowest BCUT2D eigenvalue weighted by molar-refractivity contribution is -0.143. The number of nitrogens with zero attached hydrogens (tertiary/aromatic N) is 1. The minimum atomic E-state index is -1.35. The molecule has 0 bridgehead atoms. The second-order valence-corrected chi connectivity index (χ2v) is 4.85. The molecule has 3 atom stereocenters. The largest absolute Gasteiger partial charge is 0.480 e. The number of likely N-dealkylation sites (tertiary alicyclic amines) is 1. The molecule has 20 heavy (non-hydrogen) atoms. The normalized spacial score (nSPS) is 25.5. The molecule has 5 nitrogen and oxygen atoms in total. The van der Waals surface area contributed by atoms with Crippen LogP contribution < -0.4 is 0 Å². The van der Waals surface area contributed by atoms with Gasteiger partial charge < -0.3 is 9.84 Å². The first kappa shape index (κ1) is 14.3. The fraction of sp³-hybridized carbons (Fsp3) is 0.429. The number of ether oxygens (including phenoxy) is 1. The summed E-state index contributed by atoms with van der Waals surface area (Å²) < 4.78 is 18.6. The number of halogens is 1. The van der Waals surface area contributed by atoms with Gasteiger partial charge in [-0.05, 0) is 5.56 Å². The quantitative estimate of drug-likeness (QED) is 0.921. The molecule has 1 aromatic rings. The van der Waals surface area contributed by atoms with E-state index >= 15 is 0 Å². The molecule has 2 rings (SSSR count). The van der Waals surface area contributed by atoms with E-state index in [-0.39, 0.29) is 13.2 Å². The van der Waals surface area contributed by atoms with Crippen LogP contribution in [0.3, 0.4) is 0 Å². The molecule has 1 aliphatic rings. The Balaban J connectivity index is 1.99. The number of amides is 1. The van der Waals surface area contributed by atoms with Crippen LogP contribution in [-0.4, -0.2) is 40.8 Å². The Labute approximate surface area is 116 Å². The van der Waals surface area contributed by atoms with Crippen molar-refractivity contribution in [2.24, 2.45) is 5.92 Å². The molecule has 1 aromatic carbocycles. The average molecular weight is 281 g/mol. The van der Waals surface area contributed by atoms with Gasteiger partial charge in [0.25, 0.3) is 0 Å². The molecule has 1 amide bonds. The minimum absolute atomic E-state index is 0.0356. The van der Waals surface area contributed by atoms with Crippen molar-refractivity contribution in [2.45, 2.75) is 25.7 Å². The third-order valence-corrected chi connectivity index (χ3v) is 3.47. The molecule has 1 fully saturated rings. The monoisotopic (exact) mass is 281 g/mol. The van der Waals surface area contributed by atoms with E-state index in [9.17, 15) is 14.0 Å². The van der Waals surface area contributed by atoms with E-state index < -0.39 is 30.2 Å². The van der Waals surface area contributed by atoms with Crippen LogP contribution in [0.5, 0.6) is 0 Å². The van der Waals surface area contributed by atoms with Crippen molar-refractivity contribution in [3.8, 4) is 0 Å². The highest BCUT2D eigenvalue weighted by molar-refractivity contribution is 5.81. The van der Waals surface area contributed by atoms with Gasteiger partial charge in [0.2, 0.25) is 0 Å². The highest BCUT2D eigenvalue weighted by atomic mass is 19.1. The summed E-state index contributed by atoms with van der Waals surface area (Å²) in [6, 6.07) is 7.84. The van der Waals surface area contributed by atoms with Gasteiger partial charge in [-0.15, -0.1) is 0 Å². The maximum atomic E-state index is 13.6. The predicted octanol–water partition coefficient (Wildman–Crippen LogP) is 2.07. The predicted molar refractivity (Wildman–Crippen MR) is 68.8 cm³/mol. The van der Waals surface area contributed by atoms with Gasteiger partial charge in [0.05, 0.1) is 6.54 Å². The highest BCUT2D eigenvalue weighted by Crippen LogP contribution is 2.27. The Hall–Kier alpha value is -2.11. The van der Waals surface area contributed by atoms with Crippen LogP contribution >= 0.6 is 0 Å². The van der Waals surface area contributed by atoms with Crippen molar-refractivity contribution >= 4 is 12.1 Å². The zero-order valence-corrected chi connectivity index (χ0v) is 11.0. The SMILES string of the molecule is CC1C(F)CN(C(=O)OCc2ccccc2)[C@@H]1C(=O)O. The van der Waals surface area contributed by atoms with Gasteiger partial charge in [-0.25, -0.2) is 14.0 Å². The van der Waals surface area contributed by atoms with Gasteiger partial charge in [-0.3, -0.25) is 4.90 Å². The van der Waals surface area contributed by atoms with Crippen LogP contribution in [-0.2, 0) is 16.1 Å². The second-order valence-electron chi connectivity index (χ2n) is 4.85. The molecule has 1 N–H and O–H groups in total. The van der Waals surface area contributed by atoms with E-state index in [2.05, 4.69) is 0 Å². The zero-order valence-electron chi connectivity index (χ0n) is 11.0. The smallest absolute Gasteiger partial charge is 0.410 e. The van der Waals surface area contributed by atoms with Crippen LogP contribution in [0.15, 0.2) is 30.3 Å². The van der Waals surface area contributed by atoms with Crippen LogP contribution in [0.25, 0.3) is 0 Å². The van der Waals surface area contributed by atoms with Gasteiger partial charge in [0.15, 0.2) is 0 Å². The van der Waals surface area contributed by atoms with Crippen molar-refractivity contribution in [3.63, 3.8) is 0 Å². The first-order valence-electron chi connectivity index (χ1n) is 6.35. The molecule has 6 heteroatoms. The van der Waals surface area contributed by atoms with E-state index in [1.807, 2.05) is 6.07 Å². The number of carboxylic acid groups (broad SMARTS) is 1. The molecule has 1 aliphatic heterocycles. The molecule has 0 spiro atoms. The molecular weight excluding hydrogens is 265 g/mol. The average Bonchev–Trinajstić information content (AvgIpc) is 2.73. The number of alkyl halides is 1. The lowest BCUT2D eigenvalue weighted by atomic mass is 10.0. The fourth-order valence-corrected chi connectivity index (χ4v) is 2.30. The Morgan fingerprint density at radius 2 is 2.05 bits per heavy atom. The van der Waals surface area contributed by atoms with Gasteiger partial charge in [0.1, 0.15) is 18.8 Å². The Morgan fingerprint density at radius 1 is 1.40 bits per heavy atom. The van der Waals surface area contributed by atoms with Crippen molar-refractivity contribution in [1.29, 1.82) is 0 Å². The summed E-state index contributed by atoms with van der Waals surface area (Å²) in [5.41, 5.74) is 0.789. The summed E-state index contributed by atoms with van der Waals surface area (Å²) in [5.74, 6) is -1.95. The molecule has 0 aromatic heterocycles. The summed E-state index contributed by atoms with van der Waals surface area (Å²) in [6.07, 6.45) is -2.14. The van der Waals surface area contributed by atoms with E-state index in [1.165, 1.54) is 6.92 Å². The molecule has 108 valence electrons. The lowest BCUT2D eigenvalue weighted by Gasteiger charge is -2.22. The standard InChI is InChI=1S/C14H16FNO4/c1-9-11(15)7-16(12(9)13(17)18)14(19)20-8-10-5-3-2-4-6-10/h2-6,9,11-12H,7-8H2,1H3,(H,17,18)/t9?,11?,12-/m0/s1. The van der Waals surface area contributed by atoms with Crippen LogP contribution in [0.2, 0.25) is 0 Å². The van der Waals surface area contributed by atoms with E-state index in [0.717, 1.165) is 10.5 Å². The van der Waals surface area contributed by atoms with Crippen LogP contribution in [0, 0.1) is 5.92 Å². The molecular formula is C14H16FNO4. The van der Waals surface area contributed by atoms with Gasteiger partial charge in [0, 0.05) is 5.92 Å². The second kappa shape index (κ2) is 5.90. The fourth-order valence-electron chi connectivity index (χ4n) is 2.30. The Morgan fingerprint density at radius 3 is 2.65 bits per heavy atom. The number of carboxylic acids is 1. The summed E-state index contributed by atoms with van der Waals surface area (Å²) in [5, 5.41) is 9.09. The molecule has 2 unspecified atom stereocenters. The maximum absolute atomic E-state index is 13.6. The van der Waals surface area contributed by atoms with Crippen molar-refractivity contribution in [3.05, 3.63) is 35.9 Å². The highest BCUT2D eigenvalue weighted by Gasteiger charge is 2.46. The van der Waals surface area contributed by atoms with Gasteiger partial charge in [-0.2, -0.15) is 0 Å². The number of hydrogen-bond acceptors (Lipinski definition) is 3. The Kier molecular flexibility index (Phi) is 4.22. The van der Waals surface area contributed by atoms with Crippen molar-refractivity contribution < 1.29 is 23.8 Å². The van der Waals surface area contributed by atoms with Gasteiger partial charge in [-0.1, -0.05) is 37.3 Å². The summed E-state index contributed by atoms with van der Waals surface area (Å²) in [4.78, 5) is 24.0. The topological polar surface area (TPSA) is 66.8 Å². The number of rotatable bonds is 3. The molecule has 1 heterocycles. The number of benzene rings is 1. The molecule has 1 saturated heterocycles. The maximum Gasteiger partial charge on any atom is 0.410 e. The summed E-state index contributed by atoms with van der Waals surface area (Å²) in [7, 11) is 0. The number of carbonyl (C=O) groups excluding carboxylic acids is 1. The zero-order chi connectivity index (χ0) is 14.7. The van der Waals surface area contributed by atoms with E-state index in [1.54, 1.807) is 24.3 Å². The molecule has 0 aliphatic carbocycles. The minimum Gasteiger partial charge on any atom is -0.480 e. The van der Waals surface area contributed by atoms with Crippen molar-refractivity contribution in [1.82, 2.24) is 4.90 Å². The first-order chi connectivity index (χ1) is 9.50. The summed E-state index contributed by atoms with van der Waals surface area (Å²) in [6.45, 7) is 1.27. The van der Waals surface area contributed by atoms with Gasteiger partial charge >= 0.3 is 12.1 Å². The molecule has 0 saturated carbocycles. The van der Waals surface area contributed by atoms with Crippen LogP contribution in [0.1, 0.15) is 12.5 Å². The van der Waals surface area contributed by atoms with Crippen LogP contribution in [0.4, 0.5) is 9.18 Å². The lowest BCUT2D eigenvalue weighted by Crippen LogP contribution is -2.43. The third-order valence-electron chi connectivity index (χ3n) is 3.47.